The zero-order valence-corrected chi connectivity index (χ0v) is 13.5. The van der Waals surface area contributed by atoms with Crippen molar-refractivity contribution in [3.8, 4) is 5.69 Å². The van der Waals surface area contributed by atoms with Gasteiger partial charge in [0, 0.05) is 11.1 Å². The van der Waals surface area contributed by atoms with E-state index >= 15 is 0 Å². The second-order valence-electron chi connectivity index (χ2n) is 5.97. The van der Waals surface area contributed by atoms with Gasteiger partial charge in [0.05, 0.1) is 17.3 Å². The van der Waals surface area contributed by atoms with Gasteiger partial charge in [-0.15, -0.1) is 0 Å². The Hall–Kier alpha value is -2.14. The van der Waals surface area contributed by atoms with Crippen LogP contribution in [0.15, 0.2) is 36.8 Å². The first-order valence-electron chi connectivity index (χ1n) is 8.02. The number of anilines is 1. The third-order valence-corrected chi connectivity index (χ3v) is 4.63. The lowest BCUT2D eigenvalue weighted by Crippen LogP contribution is -2.22. The molecule has 1 fully saturated rings. The highest BCUT2D eigenvalue weighted by Gasteiger charge is 2.17. The predicted octanol–water partition coefficient (Wildman–Crippen LogP) is 4.21. The van der Waals surface area contributed by atoms with Gasteiger partial charge in [-0.3, -0.25) is 0 Å². The second kappa shape index (κ2) is 6.16. The fourth-order valence-corrected chi connectivity index (χ4v) is 3.30. The fraction of sp³-hybridized carbons (Fsp3) is 0.353. The quantitative estimate of drug-likeness (QED) is 0.782. The first-order chi connectivity index (χ1) is 11.3. The number of fused-ring (bicyclic) bond motifs is 1. The standard InChI is InChI=1S/C17H18ClN5/c18-12-6-8-14(9-7-12)23-17-15(10-21-23)16(19-11-20-17)22-13-4-2-1-3-5-13/h6-11,13H,1-5H2,(H,19,20,22). The fourth-order valence-electron chi connectivity index (χ4n) is 3.17. The minimum Gasteiger partial charge on any atom is -0.367 e. The van der Waals surface area contributed by atoms with Crippen LogP contribution in [0.5, 0.6) is 0 Å². The molecular weight excluding hydrogens is 310 g/mol. The molecule has 0 saturated heterocycles. The summed E-state index contributed by atoms with van der Waals surface area (Å²) in [5, 5.41) is 9.71. The van der Waals surface area contributed by atoms with Gasteiger partial charge in [0.2, 0.25) is 0 Å². The molecule has 1 N–H and O–H groups in total. The molecule has 4 rings (SSSR count). The van der Waals surface area contributed by atoms with Gasteiger partial charge in [0.25, 0.3) is 0 Å². The largest absolute Gasteiger partial charge is 0.367 e. The van der Waals surface area contributed by atoms with Gasteiger partial charge in [-0.1, -0.05) is 30.9 Å². The molecule has 3 aromatic rings. The summed E-state index contributed by atoms with van der Waals surface area (Å²) in [6.07, 6.45) is 9.75. The lowest BCUT2D eigenvalue weighted by Gasteiger charge is -2.23. The van der Waals surface area contributed by atoms with E-state index in [2.05, 4.69) is 20.4 Å². The maximum atomic E-state index is 5.96. The molecule has 1 aromatic carbocycles. The average Bonchev–Trinajstić information content (AvgIpc) is 3.02. The van der Waals surface area contributed by atoms with Crippen LogP contribution in [0, 0.1) is 0 Å². The zero-order valence-electron chi connectivity index (χ0n) is 12.7. The Bertz CT molecular complexity index is 805. The van der Waals surface area contributed by atoms with Gasteiger partial charge in [-0.2, -0.15) is 5.10 Å². The van der Waals surface area contributed by atoms with E-state index in [1.807, 2.05) is 35.1 Å². The van der Waals surface area contributed by atoms with Gasteiger partial charge in [0.1, 0.15) is 12.1 Å². The number of aromatic nitrogens is 4. The van der Waals surface area contributed by atoms with Crippen molar-refractivity contribution in [1.82, 2.24) is 19.7 Å². The Morgan fingerprint density at radius 3 is 2.61 bits per heavy atom. The SMILES string of the molecule is Clc1ccc(-n2ncc3c(NC4CCCCC4)ncnc32)cc1. The van der Waals surface area contributed by atoms with Crippen LogP contribution in [-0.2, 0) is 0 Å². The lowest BCUT2D eigenvalue weighted by molar-refractivity contribution is 0.462. The molecule has 23 heavy (non-hydrogen) atoms. The number of nitrogens with one attached hydrogen (secondary N) is 1. The van der Waals surface area contributed by atoms with E-state index in [0.29, 0.717) is 11.1 Å². The Labute approximate surface area is 139 Å². The van der Waals surface area contributed by atoms with Crippen molar-refractivity contribution in [1.29, 1.82) is 0 Å². The van der Waals surface area contributed by atoms with E-state index in [0.717, 1.165) is 22.5 Å². The van der Waals surface area contributed by atoms with E-state index in [-0.39, 0.29) is 0 Å². The number of halogens is 1. The molecule has 0 radical (unpaired) electrons. The summed E-state index contributed by atoms with van der Waals surface area (Å²) >= 11 is 5.96. The number of hydrogen-bond donors (Lipinski definition) is 1. The highest BCUT2D eigenvalue weighted by atomic mass is 35.5. The van der Waals surface area contributed by atoms with E-state index in [4.69, 9.17) is 11.6 Å². The Morgan fingerprint density at radius 1 is 1.04 bits per heavy atom. The first kappa shape index (κ1) is 14.5. The highest BCUT2D eigenvalue weighted by molar-refractivity contribution is 6.30. The molecular formula is C17H18ClN5. The Balaban J connectivity index is 1.69. The molecule has 2 aromatic heterocycles. The van der Waals surface area contributed by atoms with E-state index in [1.54, 1.807) is 6.33 Å². The van der Waals surface area contributed by atoms with Gasteiger partial charge in [0.15, 0.2) is 5.65 Å². The molecule has 5 nitrogen and oxygen atoms in total. The minimum atomic E-state index is 0.501. The van der Waals surface area contributed by atoms with Gasteiger partial charge < -0.3 is 5.32 Å². The van der Waals surface area contributed by atoms with Crippen LogP contribution in [0.3, 0.4) is 0 Å². The summed E-state index contributed by atoms with van der Waals surface area (Å²) in [5.74, 6) is 0.877. The molecule has 1 aliphatic rings. The maximum Gasteiger partial charge on any atom is 0.168 e. The molecule has 0 unspecified atom stereocenters. The average molecular weight is 328 g/mol. The number of hydrogen-bond acceptors (Lipinski definition) is 4. The van der Waals surface area contributed by atoms with Crippen LogP contribution in [0.1, 0.15) is 32.1 Å². The van der Waals surface area contributed by atoms with Crippen LogP contribution >= 0.6 is 11.6 Å². The topological polar surface area (TPSA) is 55.6 Å². The third-order valence-electron chi connectivity index (χ3n) is 4.38. The Morgan fingerprint density at radius 2 is 1.83 bits per heavy atom. The Kier molecular flexibility index (Phi) is 3.87. The molecule has 0 spiro atoms. The molecule has 1 saturated carbocycles. The van der Waals surface area contributed by atoms with Crippen molar-refractivity contribution < 1.29 is 0 Å². The van der Waals surface area contributed by atoms with E-state index in [9.17, 15) is 0 Å². The van der Waals surface area contributed by atoms with Crippen LogP contribution in [0.25, 0.3) is 16.7 Å². The van der Waals surface area contributed by atoms with E-state index in [1.165, 1.54) is 32.1 Å². The molecule has 118 valence electrons. The van der Waals surface area contributed by atoms with E-state index < -0.39 is 0 Å². The van der Waals surface area contributed by atoms with Crippen molar-refractivity contribution in [2.45, 2.75) is 38.1 Å². The van der Waals surface area contributed by atoms with Gasteiger partial charge in [-0.25, -0.2) is 14.6 Å². The zero-order chi connectivity index (χ0) is 15.6. The smallest absolute Gasteiger partial charge is 0.168 e. The third kappa shape index (κ3) is 2.88. The van der Waals surface area contributed by atoms with Crippen LogP contribution < -0.4 is 5.32 Å². The highest BCUT2D eigenvalue weighted by Crippen LogP contribution is 2.26. The van der Waals surface area contributed by atoms with Gasteiger partial charge in [-0.05, 0) is 37.1 Å². The minimum absolute atomic E-state index is 0.501. The molecule has 0 aliphatic heterocycles. The first-order valence-corrected chi connectivity index (χ1v) is 8.40. The van der Waals surface area contributed by atoms with Crippen LogP contribution in [0.4, 0.5) is 5.82 Å². The summed E-state index contributed by atoms with van der Waals surface area (Å²) < 4.78 is 1.82. The predicted molar refractivity (Wildman–Crippen MR) is 92.2 cm³/mol. The summed E-state index contributed by atoms with van der Waals surface area (Å²) in [4.78, 5) is 8.84. The maximum absolute atomic E-state index is 5.96. The molecule has 0 atom stereocenters. The van der Waals surface area contributed by atoms with Crippen molar-refractivity contribution in [2.75, 3.05) is 5.32 Å². The number of rotatable bonds is 3. The number of nitrogens with zero attached hydrogens (tertiary/aromatic N) is 4. The van der Waals surface area contributed by atoms with Gasteiger partial charge >= 0.3 is 0 Å². The lowest BCUT2D eigenvalue weighted by atomic mass is 9.95. The number of benzene rings is 1. The molecule has 2 heterocycles. The molecule has 1 aliphatic carbocycles. The molecule has 6 heteroatoms. The second-order valence-corrected chi connectivity index (χ2v) is 6.41. The summed E-state index contributed by atoms with van der Waals surface area (Å²) in [5.41, 5.74) is 1.74. The molecule has 0 amide bonds. The van der Waals surface area contributed by atoms with Crippen molar-refractivity contribution in [3.05, 3.63) is 41.8 Å². The summed E-state index contributed by atoms with van der Waals surface area (Å²) in [6.45, 7) is 0. The molecule has 0 bridgehead atoms. The van der Waals surface area contributed by atoms with Crippen molar-refractivity contribution in [2.24, 2.45) is 0 Å². The van der Waals surface area contributed by atoms with Crippen LogP contribution in [0.2, 0.25) is 5.02 Å². The monoisotopic (exact) mass is 327 g/mol. The summed E-state index contributed by atoms with van der Waals surface area (Å²) in [7, 11) is 0. The van der Waals surface area contributed by atoms with Crippen LogP contribution in [-0.4, -0.2) is 25.8 Å². The normalized spacial score (nSPS) is 15.9. The van der Waals surface area contributed by atoms with Crippen molar-refractivity contribution >= 4 is 28.5 Å². The van der Waals surface area contributed by atoms with Crippen molar-refractivity contribution in [3.63, 3.8) is 0 Å². The summed E-state index contributed by atoms with van der Waals surface area (Å²) in [6, 6.07) is 8.08.